The topological polar surface area (TPSA) is 68.1 Å². The number of aromatic nitrogens is 1. The molecule has 98 valence electrons. The number of hydrogen-bond acceptors (Lipinski definition) is 4. The fourth-order valence-corrected chi connectivity index (χ4v) is 1.96. The minimum absolute atomic E-state index is 0.117. The Morgan fingerprint density at radius 1 is 1.32 bits per heavy atom. The molecule has 0 fully saturated rings. The summed E-state index contributed by atoms with van der Waals surface area (Å²) >= 11 is 0. The predicted molar refractivity (Wildman–Crippen MR) is 72.8 cm³/mol. The lowest BCUT2D eigenvalue weighted by Gasteiger charge is -2.16. The van der Waals surface area contributed by atoms with E-state index in [9.17, 15) is 10.1 Å². The number of likely N-dealkylation sites (N-methyl/N-ethyl adjacent to an activating group) is 1. The zero-order valence-electron chi connectivity index (χ0n) is 10.6. The molecule has 0 radical (unpaired) electrons. The summed E-state index contributed by atoms with van der Waals surface area (Å²) < 4.78 is 0. The molecule has 1 aromatic carbocycles. The van der Waals surface area contributed by atoms with Gasteiger partial charge in [0.05, 0.1) is 4.92 Å². The Bertz CT molecular complexity index is 540. The van der Waals surface area contributed by atoms with Crippen molar-refractivity contribution >= 4 is 5.69 Å². The second kappa shape index (κ2) is 6.06. The van der Waals surface area contributed by atoms with Crippen molar-refractivity contribution < 1.29 is 4.92 Å². The maximum atomic E-state index is 10.6. The minimum atomic E-state index is -0.388. The zero-order valence-corrected chi connectivity index (χ0v) is 10.6. The van der Waals surface area contributed by atoms with E-state index in [1.54, 1.807) is 18.3 Å². The molecule has 1 heterocycles. The van der Waals surface area contributed by atoms with Gasteiger partial charge in [-0.05, 0) is 30.7 Å². The van der Waals surface area contributed by atoms with Gasteiger partial charge in [-0.1, -0.05) is 18.2 Å². The molecule has 1 atom stereocenters. The van der Waals surface area contributed by atoms with Crippen molar-refractivity contribution in [1.82, 2.24) is 10.3 Å². The molecule has 2 rings (SSSR count). The van der Waals surface area contributed by atoms with Crippen LogP contribution in [0, 0.1) is 10.1 Å². The number of nitrogens with one attached hydrogen (secondary N) is 1. The molecule has 0 saturated carbocycles. The highest BCUT2D eigenvalue weighted by Crippen LogP contribution is 2.19. The lowest BCUT2D eigenvalue weighted by atomic mass is 10.0. The predicted octanol–water partition coefficient (Wildman–Crippen LogP) is 2.49. The van der Waals surface area contributed by atoms with E-state index in [1.807, 2.05) is 25.4 Å². The average Bonchev–Trinajstić information content (AvgIpc) is 2.46. The Morgan fingerprint density at radius 2 is 2.05 bits per heavy atom. The number of rotatable bonds is 5. The molecule has 5 nitrogen and oxygen atoms in total. The molecule has 0 bridgehead atoms. The zero-order chi connectivity index (χ0) is 13.7. The van der Waals surface area contributed by atoms with Gasteiger partial charge in [0.1, 0.15) is 0 Å². The molecular formula is C14H15N3O2. The van der Waals surface area contributed by atoms with E-state index < -0.39 is 0 Å². The molecule has 2 aromatic rings. The highest BCUT2D eigenvalue weighted by Gasteiger charge is 2.11. The summed E-state index contributed by atoms with van der Waals surface area (Å²) in [5.41, 5.74) is 2.27. The van der Waals surface area contributed by atoms with E-state index in [2.05, 4.69) is 10.3 Å². The van der Waals surface area contributed by atoms with Gasteiger partial charge in [0.25, 0.3) is 5.69 Å². The lowest BCUT2D eigenvalue weighted by molar-refractivity contribution is -0.384. The van der Waals surface area contributed by atoms with Crippen molar-refractivity contribution in [2.24, 2.45) is 0 Å². The minimum Gasteiger partial charge on any atom is -0.313 e. The van der Waals surface area contributed by atoms with Crippen LogP contribution >= 0.6 is 0 Å². The number of hydrogen-bond donors (Lipinski definition) is 1. The third kappa shape index (κ3) is 3.35. The van der Waals surface area contributed by atoms with Crippen LogP contribution in [0.25, 0.3) is 0 Å². The number of nitro benzene ring substituents is 1. The summed E-state index contributed by atoms with van der Waals surface area (Å²) in [4.78, 5) is 14.3. The molecule has 0 aliphatic rings. The van der Waals surface area contributed by atoms with Crippen molar-refractivity contribution in [3.63, 3.8) is 0 Å². The molecule has 5 heteroatoms. The Hall–Kier alpha value is -2.27. The first-order valence-corrected chi connectivity index (χ1v) is 6.01. The Morgan fingerprint density at radius 3 is 2.58 bits per heavy atom. The summed E-state index contributed by atoms with van der Waals surface area (Å²) in [7, 11) is 1.89. The van der Waals surface area contributed by atoms with Gasteiger partial charge in [-0.25, -0.2) is 0 Å². The highest BCUT2D eigenvalue weighted by molar-refractivity contribution is 5.33. The van der Waals surface area contributed by atoms with E-state index in [1.165, 1.54) is 12.1 Å². The summed E-state index contributed by atoms with van der Waals surface area (Å²) in [5, 5.41) is 13.8. The number of nitrogens with zero attached hydrogens (tertiary/aromatic N) is 2. The van der Waals surface area contributed by atoms with E-state index in [-0.39, 0.29) is 16.7 Å². The largest absolute Gasteiger partial charge is 0.313 e. The summed E-state index contributed by atoms with van der Waals surface area (Å²) in [6.07, 6.45) is 4.33. The molecule has 0 saturated heterocycles. The lowest BCUT2D eigenvalue weighted by Crippen LogP contribution is -2.18. The second-order valence-corrected chi connectivity index (χ2v) is 4.26. The van der Waals surface area contributed by atoms with Crippen LogP contribution in [0.1, 0.15) is 17.2 Å². The molecule has 0 spiro atoms. The fourth-order valence-electron chi connectivity index (χ4n) is 1.96. The van der Waals surface area contributed by atoms with Gasteiger partial charge in [0, 0.05) is 30.6 Å². The van der Waals surface area contributed by atoms with Crippen LogP contribution in [0.4, 0.5) is 5.69 Å². The van der Waals surface area contributed by atoms with Gasteiger partial charge in [-0.2, -0.15) is 0 Å². The van der Waals surface area contributed by atoms with Crippen LogP contribution < -0.4 is 5.32 Å². The van der Waals surface area contributed by atoms with Gasteiger partial charge >= 0.3 is 0 Å². The first kappa shape index (κ1) is 13.2. The Labute approximate surface area is 111 Å². The van der Waals surface area contributed by atoms with Crippen LogP contribution in [0.2, 0.25) is 0 Å². The van der Waals surface area contributed by atoms with E-state index in [0.717, 1.165) is 17.5 Å². The molecule has 0 aliphatic carbocycles. The normalized spacial score (nSPS) is 12.1. The maximum Gasteiger partial charge on any atom is 0.269 e. The number of pyridine rings is 1. The summed E-state index contributed by atoms with van der Waals surface area (Å²) in [5.74, 6) is 0. The Balaban J connectivity index is 2.12. The summed E-state index contributed by atoms with van der Waals surface area (Å²) in [6, 6.07) is 10.7. The van der Waals surface area contributed by atoms with Gasteiger partial charge < -0.3 is 5.32 Å². The Kier molecular flexibility index (Phi) is 4.20. The molecule has 1 unspecified atom stereocenters. The standard InChI is InChI=1S/C14H15N3O2/c1-15-14(12-3-2-8-16-10-12)9-11-4-6-13(7-5-11)17(18)19/h2-8,10,14-15H,9H2,1H3. The fraction of sp³-hybridized carbons (Fsp3) is 0.214. The smallest absolute Gasteiger partial charge is 0.269 e. The molecular weight excluding hydrogens is 242 g/mol. The van der Waals surface area contributed by atoms with E-state index >= 15 is 0 Å². The maximum absolute atomic E-state index is 10.6. The molecule has 0 aliphatic heterocycles. The number of benzene rings is 1. The third-order valence-electron chi connectivity index (χ3n) is 3.02. The quantitative estimate of drug-likeness (QED) is 0.660. The van der Waals surface area contributed by atoms with Crippen LogP contribution in [-0.2, 0) is 6.42 Å². The van der Waals surface area contributed by atoms with Crippen molar-refractivity contribution in [2.45, 2.75) is 12.5 Å². The first-order valence-electron chi connectivity index (χ1n) is 6.01. The van der Waals surface area contributed by atoms with E-state index in [4.69, 9.17) is 0 Å². The number of non-ortho nitro benzene ring substituents is 1. The highest BCUT2D eigenvalue weighted by atomic mass is 16.6. The van der Waals surface area contributed by atoms with Crippen LogP contribution in [0.3, 0.4) is 0 Å². The van der Waals surface area contributed by atoms with Crippen molar-refractivity contribution in [3.05, 3.63) is 70.0 Å². The molecule has 19 heavy (non-hydrogen) atoms. The van der Waals surface area contributed by atoms with E-state index in [0.29, 0.717) is 0 Å². The van der Waals surface area contributed by atoms with Crippen LogP contribution in [0.5, 0.6) is 0 Å². The molecule has 0 amide bonds. The van der Waals surface area contributed by atoms with Gasteiger partial charge in [-0.15, -0.1) is 0 Å². The van der Waals surface area contributed by atoms with Crippen molar-refractivity contribution in [1.29, 1.82) is 0 Å². The first-order chi connectivity index (χ1) is 9.20. The number of nitro groups is 1. The second-order valence-electron chi connectivity index (χ2n) is 4.26. The average molecular weight is 257 g/mol. The van der Waals surface area contributed by atoms with Crippen LogP contribution in [0.15, 0.2) is 48.8 Å². The third-order valence-corrected chi connectivity index (χ3v) is 3.02. The van der Waals surface area contributed by atoms with Gasteiger partial charge in [0.15, 0.2) is 0 Å². The van der Waals surface area contributed by atoms with Crippen molar-refractivity contribution in [2.75, 3.05) is 7.05 Å². The van der Waals surface area contributed by atoms with Crippen molar-refractivity contribution in [3.8, 4) is 0 Å². The monoisotopic (exact) mass is 257 g/mol. The molecule has 1 N–H and O–H groups in total. The van der Waals surface area contributed by atoms with Gasteiger partial charge in [0.2, 0.25) is 0 Å². The summed E-state index contributed by atoms with van der Waals surface area (Å²) in [6.45, 7) is 0. The van der Waals surface area contributed by atoms with Crippen LogP contribution in [-0.4, -0.2) is 17.0 Å². The van der Waals surface area contributed by atoms with Gasteiger partial charge in [-0.3, -0.25) is 15.1 Å². The SMILES string of the molecule is CNC(Cc1ccc([N+](=O)[O-])cc1)c1cccnc1. The molecule has 1 aromatic heterocycles.